The Balaban J connectivity index is 0.00000401. The van der Waals surface area contributed by atoms with Crippen LogP contribution in [-0.4, -0.2) is 0 Å². The summed E-state index contributed by atoms with van der Waals surface area (Å²) in [5.74, 6) is 16.5. The van der Waals surface area contributed by atoms with Crippen molar-refractivity contribution in [2.45, 2.75) is 196 Å². The van der Waals surface area contributed by atoms with Crippen LogP contribution in [0.15, 0.2) is 12.2 Å². The molecule has 0 amide bonds. The maximum absolute atomic E-state index is 2.76. The van der Waals surface area contributed by atoms with Crippen LogP contribution in [0.2, 0.25) is 0 Å². The van der Waals surface area contributed by atoms with Crippen molar-refractivity contribution in [2.75, 3.05) is 0 Å². The summed E-state index contributed by atoms with van der Waals surface area (Å²) in [5, 5.41) is 0. The van der Waals surface area contributed by atoms with Crippen LogP contribution in [0.4, 0.5) is 0 Å². The molecule has 0 N–H and O–H groups in total. The topological polar surface area (TPSA) is 0 Å². The van der Waals surface area contributed by atoms with E-state index >= 15 is 0 Å². The van der Waals surface area contributed by atoms with Crippen LogP contribution < -0.4 is 0 Å². The minimum Gasteiger partial charge on any atom is -0.0882 e. The van der Waals surface area contributed by atoms with Crippen LogP contribution in [0.25, 0.3) is 0 Å². The molecule has 0 heteroatoms. The van der Waals surface area contributed by atoms with E-state index in [-0.39, 0.29) is 7.43 Å². The molecule has 6 saturated carbocycles. The molecular weight excluding hydrogens is 577 g/mol. The van der Waals surface area contributed by atoms with Gasteiger partial charge in [-0.05, 0) is 172 Å². The summed E-state index contributed by atoms with van der Waals surface area (Å²) in [7, 11) is 0. The summed E-state index contributed by atoms with van der Waals surface area (Å²) < 4.78 is 0. The minimum absolute atomic E-state index is 0. The molecule has 0 aromatic carbocycles. The Morgan fingerprint density at radius 2 is 1.42 bits per heavy atom. The first kappa shape index (κ1) is 37.5. The van der Waals surface area contributed by atoms with Gasteiger partial charge in [0.05, 0.1) is 0 Å². The molecule has 6 fully saturated rings. The monoisotopic (exact) mass is 661 g/mol. The second-order valence-electron chi connectivity index (χ2n) is 19.9. The lowest BCUT2D eigenvalue weighted by atomic mass is 9.44. The molecule has 48 heavy (non-hydrogen) atoms. The van der Waals surface area contributed by atoms with Crippen molar-refractivity contribution in [3.63, 3.8) is 0 Å². The first-order valence-electron chi connectivity index (χ1n) is 22.7. The van der Waals surface area contributed by atoms with E-state index < -0.39 is 0 Å². The number of hydrogen-bond donors (Lipinski definition) is 0. The van der Waals surface area contributed by atoms with Gasteiger partial charge in [-0.2, -0.15) is 0 Å². The predicted molar refractivity (Wildman–Crippen MR) is 210 cm³/mol. The average Bonchev–Trinajstić information content (AvgIpc) is 3.54. The normalized spacial score (nSPS) is 46.5. The van der Waals surface area contributed by atoms with Crippen LogP contribution in [0.5, 0.6) is 0 Å². The predicted octanol–water partition coefficient (Wildman–Crippen LogP) is 15.0. The summed E-state index contributed by atoms with van der Waals surface area (Å²) in [6, 6.07) is 0. The fourth-order valence-electron chi connectivity index (χ4n) is 15.4. The van der Waals surface area contributed by atoms with Crippen molar-refractivity contribution >= 4 is 0 Å². The summed E-state index contributed by atoms with van der Waals surface area (Å²) >= 11 is 0. The molecule has 7 rings (SSSR count). The van der Waals surface area contributed by atoms with Crippen molar-refractivity contribution in [1.82, 2.24) is 0 Å². The van der Waals surface area contributed by atoms with Crippen molar-refractivity contribution in [1.29, 1.82) is 0 Å². The van der Waals surface area contributed by atoms with E-state index in [2.05, 4.69) is 39.8 Å². The number of hydrogen-bond acceptors (Lipinski definition) is 0. The van der Waals surface area contributed by atoms with E-state index in [1.54, 1.807) is 77.0 Å². The molecule has 16 atom stereocenters. The molecule has 0 spiro atoms. The first-order valence-corrected chi connectivity index (χ1v) is 22.7. The number of unbranched alkanes of at least 4 members (excludes halogenated alkanes) is 2. The molecule has 276 valence electrons. The highest BCUT2D eigenvalue weighted by Crippen LogP contribution is 2.64. The third-order valence-corrected chi connectivity index (χ3v) is 17.8. The van der Waals surface area contributed by atoms with Gasteiger partial charge in [-0.25, -0.2) is 0 Å². The van der Waals surface area contributed by atoms with Crippen LogP contribution in [0.3, 0.4) is 0 Å². The van der Waals surface area contributed by atoms with Crippen molar-refractivity contribution in [3.05, 3.63) is 12.2 Å². The van der Waals surface area contributed by atoms with E-state index in [0.29, 0.717) is 0 Å². The van der Waals surface area contributed by atoms with E-state index in [4.69, 9.17) is 0 Å². The van der Waals surface area contributed by atoms with Crippen LogP contribution in [-0.2, 0) is 0 Å². The maximum atomic E-state index is 2.76. The molecule has 0 heterocycles. The van der Waals surface area contributed by atoms with Gasteiger partial charge in [0.25, 0.3) is 0 Å². The molecule has 16 unspecified atom stereocenters. The van der Waals surface area contributed by atoms with Crippen molar-refractivity contribution < 1.29 is 0 Å². The quantitative estimate of drug-likeness (QED) is 0.153. The lowest BCUT2D eigenvalue weighted by Crippen LogP contribution is -2.54. The van der Waals surface area contributed by atoms with Crippen LogP contribution in [0.1, 0.15) is 196 Å². The summed E-state index contributed by atoms with van der Waals surface area (Å²) in [5.41, 5.74) is 0. The standard InChI is InChI=1S/C47H80.CH4/c1-5-7-9-20-38-29-44(33(4)22-23-34-21-14-15-32(34)3)41(6-2)47-42(38)26-27-43-45(39-25-24-36-18-12-13-19-37(36)28-39)30-40(31-46(43)47)35-16-10-8-11-17-35;/h10,16,32-47H,5-9,11-15,17-31H2,1-4H3;1H4. The molecular formula is C48H84. The Bertz CT molecular complexity index is 977. The Labute approximate surface area is 301 Å². The Morgan fingerprint density at radius 1 is 0.625 bits per heavy atom. The van der Waals surface area contributed by atoms with Gasteiger partial charge < -0.3 is 0 Å². The maximum Gasteiger partial charge on any atom is -0.0205 e. The van der Waals surface area contributed by atoms with Gasteiger partial charge in [-0.15, -0.1) is 0 Å². The summed E-state index contributed by atoms with van der Waals surface area (Å²) in [6.07, 6.45) is 43.9. The van der Waals surface area contributed by atoms with E-state index in [1.165, 1.54) is 83.5 Å². The Hall–Kier alpha value is -0.260. The van der Waals surface area contributed by atoms with E-state index in [0.717, 1.165) is 94.7 Å². The zero-order valence-electron chi connectivity index (χ0n) is 32.1. The molecule has 0 saturated heterocycles. The number of rotatable bonds is 11. The molecule has 0 nitrogen and oxygen atoms in total. The molecule has 0 bridgehead atoms. The first-order chi connectivity index (χ1) is 23.1. The lowest BCUT2D eigenvalue weighted by Gasteiger charge is -2.61. The third kappa shape index (κ3) is 8.04. The zero-order valence-corrected chi connectivity index (χ0v) is 32.1. The molecule has 0 aromatic heterocycles. The van der Waals surface area contributed by atoms with Crippen molar-refractivity contribution in [2.24, 2.45) is 94.7 Å². The Kier molecular flexibility index (Phi) is 13.7. The highest BCUT2D eigenvalue weighted by Gasteiger charge is 2.56. The van der Waals surface area contributed by atoms with Gasteiger partial charge in [-0.3, -0.25) is 0 Å². The van der Waals surface area contributed by atoms with Crippen LogP contribution >= 0.6 is 0 Å². The molecule has 7 aliphatic rings. The third-order valence-electron chi connectivity index (χ3n) is 17.8. The number of allylic oxidation sites excluding steroid dienone is 2. The van der Waals surface area contributed by atoms with Gasteiger partial charge in [0, 0.05) is 0 Å². The van der Waals surface area contributed by atoms with Gasteiger partial charge in [0.15, 0.2) is 0 Å². The largest absolute Gasteiger partial charge is 0.0882 e. The highest BCUT2D eigenvalue weighted by molar-refractivity contribution is 5.07. The molecule has 7 aliphatic carbocycles. The fourth-order valence-corrected chi connectivity index (χ4v) is 15.4. The zero-order chi connectivity index (χ0) is 32.3. The van der Waals surface area contributed by atoms with Gasteiger partial charge in [-0.1, -0.05) is 131 Å². The van der Waals surface area contributed by atoms with E-state index in [1.807, 2.05) is 0 Å². The highest BCUT2D eigenvalue weighted by atomic mass is 14.6. The van der Waals surface area contributed by atoms with Crippen molar-refractivity contribution in [3.8, 4) is 0 Å². The fraction of sp³-hybridized carbons (Fsp3) is 0.958. The Morgan fingerprint density at radius 3 is 2.17 bits per heavy atom. The summed E-state index contributed by atoms with van der Waals surface area (Å²) in [6.45, 7) is 10.4. The molecule has 0 radical (unpaired) electrons. The second kappa shape index (κ2) is 17.5. The minimum atomic E-state index is 0. The molecule has 0 aliphatic heterocycles. The molecule has 0 aromatic rings. The lowest BCUT2D eigenvalue weighted by molar-refractivity contribution is -0.120. The van der Waals surface area contributed by atoms with Gasteiger partial charge in [0.1, 0.15) is 0 Å². The van der Waals surface area contributed by atoms with Gasteiger partial charge in [0.2, 0.25) is 0 Å². The summed E-state index contributed by atoms with van der Waals surface area (Å²) in [4.78, 5) is 0. The number of fused-ring (bicyclic) bond motifs is 4. The smallest absolute Gasteiger partial charge is 0.0205 e. The SMILES string of the molecule is C.CCCCCC1CC(C(C)CCC2CCCC2C)C(CC)C2C1CCC1C(C3CCC4CCCCC4C3)CC(C3C=CCCC3)CC12. The average molecular weight is 661 g/mol. The second-order valence-corrected chi connectivity index (χ2v) is 19.9. The van der Waals surface area contributed by atoms with Gasteiger partial charge >= 0.3 is 0 Å². The van der Waals surface area contributed by atoms with E-state index in [9.17, 15) is 0 Å². The van der Waals surface area contributed by atoms with Crippen LogP contribution in [0, 0.1) is 94.7 Å².